The van der Waals surface area contributed by atoms with Gasteiger partial charge in [-0.05, 0) is 37.3 Å². The first kappa shape index (κ1) is 18.5. The summed E-state index contributed by atoms with van der Waals surface area (Å²) in [5.41, 5.74) is 4.92. The van der Waals surface area contributed by atoms with Crippen LogP contribution < -0.4 is 15.6 Å². The van der Waals surface area contributed by atoms with Gasteiger partial charge in [-0.3, -0.25) is 20.4 Å². The summed E-state index contributed by atoms with van der Waals surface area (Å²) < 4.78 is 6.01. The standard InChI is InChI=1S/C14H15ClN4O3S2/c1-8(2)22-13-18-19-14(24-13)23-7-11(20)16-17-12(21)9-5-3-4-6-10(9)15/h3-6,8H,7H2,1-2H3,(H,16,20)(H,17,21). The van der Waals surface area contributed by atoms with Gasteiger partial charge in [-0.2, -0.15) is 0 Å². The van der Waals surface area contributed by atoms with Crippen molar-refractivity contribution in [3.8, 4) is 5.19 Å². The van der Waals surface area contributed by atoms with Gasteiger partial charge < -0.3 is 4.74 Å². The maximum absolute atomic E-state index is 11.9. The van der Waals surface area contributed by atoms with Crippen LogP contribution in [-0.2, 0) is 4.79 Å². The fraction of sp³-hybridized carbons (Fsp3) is 0.286. The largest absolute Gasteiger partial charge is 0.466 e. The number of nitrogens with one attached hydrogen (secondary N) is 2. The lowest BCUT2D eigenvalue weighted by Crippen LogP contribution is -2.42. The van der Waals surface area contributed by atoms with Gasteiger partial charge in [0.1, 0.15) is 0 Å². The van der Waals surface area contributed by atoms with Crippen molar-refractivity contribution in [3.63, 3.8) is 0 Å². The van der Waals surface area contributed by atoms with Gasteiger partial charge in [-0.15, -0.1) is 5.10 Å². The molecular formula is C14H15ClN4O3S2. The molecule has 0 radical (unpaired) electrons. The molecule has 0 aliphatic heterocycles. The smallest absolute Gasteiger partial charge is 0.295 e. The van der Waals surface area contributed by atoms with Crippen molar-refractivity contribution >= 4 is 46.5 Å². The molecule has 0 fully saturated rings. The zero-order chi connectivity index (χ0) is 17.5. The number of benzene rings is 1. The SMILES string of the molecule is CC(C)Oc1nnc(SCC(=O)NNC(=O)c2ccccc2Cl)s1. The zero-order valence-corrected chi connectivity index (χ0v) is 15.3. The van der Waals surface area contributed by atoms with E-state index in [9.17, 15) is 9.59 Å². The maximum Gasteiger partial charge on any atom is 0.295 e. The molecule has 2 rings (SSSR count). The number of hydrogen-bond acceptors (Lipinski definition) is 7. The molecule has 0 aliphatic rings. The molecule has 0 atom stereocenters. The van der Waals surface area contributed by atoms with Crippen molar-refractivity contribution in [1.82, 2.24) is 21.0 Å². The van der Waals surface area contributed by atoms with Gasteiger partial charge in [0.25, 0.3) is 11.1 Å². The highest BCUT2D eigenvalue weighted by atomic mass is 35.5. The Labute approximate surface area is 152 Å². The second-order valence-corrected chi connectivity index (χ2v) is 7.34. The summed E-state index contributed by atoms with van der Waals surface area (Å²) >= 11 is 8.37. The summed E-state index contributed by atoms with van der Waals surface area (Å²) in [5, 5.41) is 8.55. The van der Waals surface area contributed by atoms with Crippen molar-refractivity contribution in [3.05, 3.63) is 34.9 Å². The zero-order valence-electron chi connectivity index (χ0n) is 12.9. The van der Waals surface area contributed by atoms with Crippen LogP contribution in [0.4, 0.5) is 0 Å². The van der Waals surface area contributed by atoms with Crippen LogP contribution in [0.15, 0.2) is 28.6 Å². The molecule has 1 heterocycles. The maximum atomic E-state index is 11.9. The number of nitrogens with zero attached hydrogens (tertiary/aromatic N) is 2. The van der Waals surface area contributed by atoms with Crippen LogP contribution in [0.3, 0.4) is 0 Å². The number of carbonyl (C=O) groups excluding carboxylic acids is 2. The first-order valence-corrected chi connectivity index (χ1v) is 9.10. The summed E-state index contributed by atoms with van der Waals surface area (Å²) in [6.45, 7) is 3.78. The van der Waals surface area contributed by atoms with Crippen LogP contribution in [0.25, 0.3) is 0 Å². The van der Waals surface area contributed by atoms with Crippen molar-refractivity contribution in [2.75, 3.05) is 5.75 Å². The number of ether oxygens (including phenoxy) is 1. The minimum Gasteiger partial charge on any atom is -0.466 e. The highest BCUT2D eigenvalue weighted by Gasteiger charge is 2.12. The molecule has 1 aromatic carbocycles. The monoisotopic (exact) mass is 386 g/mol. The molecule has 0 bridgehead atoms. The molecule has 0 spiro atoms. The summed E-state index contributed by atoms with van der Waals surface area (Å²) in [6, 6.07) is 6.56. The summed E-state index contributed by atoms with van der Waals surface area (Å²) in [5.74, 6) is -0.775. The third-order valence-electron chi connectivity index (χ3n) is 2.49. The number of halogens is 1. The fourth-order valence-electron chi connectivity index (χ4n) is 1.51. The van der Waals surface area contributed by atoms with Gasteiger partial charge in [0.2, 0.25) is 5.91 Å². The first-order valence-electron chi connectivity index (χ1n) is 6.92. The number of rotatable bonds is 6. The van der Waals surface area contributed by atoms with Crippen LogP contribution in [0.5, 0.6) is 5.19 Å². The summed E-state index contributed by atoms with van der Waals surface area (Å²) in [4.78, 5) is 23.7. The van der Waals surface area contributed by atoms with E-state index in [1.54, 1.807) is 24.3 Å². The number of carbonyl (C=O) groups is 2. The lowest BCUT2D eigenvalue weighted by molar-refractivity contribution is -0.119. The normalized spacial score (nSPS) is 10.5. The highest BCUT2D eigenvalue weighted by Crippen LogP contribution is 2.27. The van der Waals surface area contributed by atoms with Crippen LogP contribution in [0.1, 0.15) is 24.2 Å². The molecule has 0 saturated heterocycles. The lowest BCUT2D eigenvalue weighted by atomic mass is 10.2. The van der Waals surface area contributed by atoms with E-state index in [1.807, 2.05) is 13.8 Å². The molecular weight excluding hydrogens is 372 g/mol. The highest BCUT2D eigenvalue weighted by molar-refractivity contribution is 8.01. The first-order chi connectivity index (χ1) is 11.5. The van der Waals surface area contributed by atoms with E-state index in [4.69, 9.17) is 16.3 Å². The van der Waals surface area contributed by atoms with Gasteiger partial charge in [-0.1, -0.05) is 40.6 Å². The van der Waals surface area contributed by atoms with Gasteiger partial charge in [0.15, 0.2) is 4.34 Å². The molecule has 2 amide bonds. The number of hydrogen-bond donors (Lipinski definition) is 2. The van der Waals surface area contributed by atoms with E-state index in [-0.39, 0.29) is 23.3 Å². The van der Waals surface area contributed by atoms with Crippen LogP contribution in [-0.4, -0.2) is 33.9 Å². The van der Waals surface area contributed by atoms with Crippen molar-refractivity contribution in [2.24, 2.45) is 0 Å². The molecule has 128 valence electrons. The van der Waals surface area contributed by atoms with Crippen LogP contribution >= 0.6 is 34.7 Å². The Morgan fingerprint density at radius 1 is 1.29 bits per heavy atom. The van der Waals surface area contributed by atoms with E-state index in [0.717, 1.165) is 0 Å². The molecule has 0 unspecified atom stereocenters. The van der Waals surface area contributed by atoms with E-state index in [0.29, 0.717) is 14.6 Å². The third-order valence-corrected chi connectivity index (χ3v) is 4.76. The van der Waals surface area contributed by atoms with Crippen LogP contribution in [0.2, 0.25) is 5.02 Å². The van der Waals surface area contributed by atoms with Gasteiger partial charge in [0, 0.05) is 0 Å². The van der Waals surface area contributed by atoms with E-state index in [2.05, 4.69) is 21.0 Å². The van der Waals surface area contributed by atoms with Crippen LogP contribution in [0, 0.1) is 0 Å². The quantitative estimate of drug-likeness (QED) is 0.585. The Kier molecular flexibility index (Phi) is 6.83. The fourth-order valence-corrected chi connectivity index (χ4v) is 3.33. The number of aromatic nitrogens is 2. The Morgan fingerprint density at radius 2 is 2.04 bits per heavy atom. The summed E-state index contributed by atoms with van der Waals surface area (Å²) in [7, 11) is 0. The Hall–Kier alpha value is -1.84. The number of hydrazine groups is 1. The average Bonchev–Trinajstić information content (AvgIpc) is 2.97. The average molecular weight is 387 g/mol. The lowest BCUT2D eigenvalue weighted by Gasteiger charge is -2.07. The Balaban J connectivity index is 1.76. The van der Waals surface area contributed by atoms with Gasteiger partial charge in [0.05, 0.1) is 22.4 Å². The van der Waals surface area contributed by atoms with Crippen molar-refractivity contribution in [1.29, 1.82) is 0 Å². The molecule has 24 heavy (non-hydrogen) atoms. The minimum absolute atomic E-state index is 0.0131. The van der Waals surface area contributed by atoms with Gasteiger partial charge in [-0.25, -0.2) is 0 Å². The van der Waals surface area contributed by atoms with E-state index < -0.39 is 5.91 Å². The molecule has 7 nitrogen and oxygen atoms in total. The molecule has 2 N–H and O–H groups in total. The number of thioether (sulfide) groups is 1. The molecule has 10 heteroatoms. The second kappa shape index (κ2) is 8.86. The van der Waals surface area contributed by atoms with E-state index in [1.165, 1.54) is 23.1 Å². The Morgan fingerprint density at radius 3 is 2.75 bits per heavy atom. The topological polar surface area (TPSA) is 93.2 Å². The molecule has 0 aliphatic carbocycles. The predicted molar refractivity (Wildman–Crippen MR) is 93.5 cm³/mol. The van der Waals surface area contributed by atoms with Crippen molar-refractivity contribution in [2.45, 2.75) is 24.3 Å². The third kappa shape index (κ3) is 5.66. The van der Waals surface area contributed by atoms with E-state index >= 15 is 0 Å². The predicted octanol–water partition coefficient (Wildman–Crippen LogP) is 2.53. The summed E-state index contributed by atoms with van der Waals surface area (Å²) in [6.07, 6.45) is 0.0131. The Bertz CT molecular complexity index is 724. The molecule has 2 aromatic rings. The van der Waals surface area contributed by atoms with Gasteiger partial charge >= 0.3 is 0 Å². The van der Waals surface area contributed by atoms with Crippen molar-refractivity contribution < 1.29 is 14.3 Å². The number of amides is 2. The molecule has 1 aromatic heterocycles. The second-order valence-electron chi connectivity index (χ2n) is 4.77. The molecule has 0 saturated carbocycles. The minimum atomic E-state index is -0.484.